The van der Waals surface area contributed by atoms with Crippen LogP contribution in [-0.2, 0) is 0 Å². The molecule has 0 radical (unpaired) electrons. The van der Waals surface area contributed by atoms with Gasteiger partial charge in [0.25, 0.3) is 5.91 Å². The molecule has 19 heavy (non-hydrogen) atoms. The van der Waals surface area contributed by atoms with Gasteiger partial charge in [0.15, 0.2) is 0 Å². The second-order valence-electron chi connectivity index (χ2n) is 5.00. The summed E-state index contributed by atoms with van der Waals surface area (Å²) in [5.41, 5.74) is 1.37. The van der Waals surface area contributed by atoms with Crippen molar-refractivity contribution in [3.05, 3.63) is 24.0 Å². The monoisotopic (exact) mass is 263 g/mol. The van der Waals surface area contributed by atoms with Crippen LogP contribution in [0.4, 0.5) is 5.69 Å². The molecule has 104 valence electrons. The van der Waals surface area contributed by atoms with E-state index >= 15 is 0 Å². The predicted molar refractivity (Wildman–Crippen MR) is 74.1 cm³/mol. The highest BCUT2D eigenvalue weighted by Gasteiger charge is 2.30. The average molecular weight is 263 g/mol. The van der Waals surface area contributed by atoms with Crippen LogP contribution in [0, 0.1) is 5.92 Å². The number of rotatable bonds is 4. The van der Waals surface area contributed by atoms with Crippen molar-refractivity contribution in [2.24, 2.45) is 5.92 Å². The van der Waals surface area contributed by atoms with Crippen molar-refractivity contribution in [1.82, 2.24) is 9.88 Å². The molecule has 1 saturated heterocycles. The number of amides is 1. The van der Waals surface area contributed by atoms with Crippen molar-refractivity contribution in [2.45, 2.75) is 26.4 Å². The third-order valence-corrected chi connectivity index (χ3v) is 3.55. The van der Waals surface area contributed by atoms with E-state index in [1.165, 1.54) is 0 Å². The van der Waals surface area contributed by atoms with Crippen molar-refractivity contribution >= 4 is 11.6 Å². The van der Waals surface area contributed by atoms with Crippen molar-refractivity contribution in [3.63, 3.8) is 0 Å². The number of nitrogens with one attached hydrogen (secondary N) is 1. The zero-order valence-electron chi connectivity index (χ0n) is 11.5. The molecule has 1 aliphatic rings. The van der Waals surface area contributed by atoms with Gasteiger partial charge in [-0.15, -0.1) is 0 Å². The zero-order chi connectivity index (χ0) is 13.8. The Morgan fingerprint density at radius 3 is 3.11 bits per heavy atom. The molecule has 0 aliphatic carbocycles. The Bertz CT molecular complexity index is 448. The van der Waals surface area contributed by atoms with Gasteiger partial charge in [-0.25, -0.2) is 0 Å². The first-order chi connectivity index (χ1) is 9.11. The summed E-state index contributed by atoms with van der Waals surface area (Å²) < 4.78 is 0. The first kappa shape index (κ1) is 13.8. The Kier molecular flexibility index (Phi) is 4.37. The maximum atomic E-state index is 12.3. The molecular weight excluding hydrogens is 242 g/mol. The SMILES string of the molecule is CCNc1ccnc(C(=O)N2CCC(C(C)O)C2)c1. The summed E-state index contributed by atoms with van der Waals surface area (Å²) in [6.07, 6.45) is 2.14. The lowest BCUT2D eigenvalue weighted by atomic mass is 10.0. The molecule has 1 amide bonds. The fraction of sp³-hybridized carbons (Fsp3) is 0.571. The molecule has 5 nitrogen and oxygen atoms in total. The lowest BCUT2D eigenvalue weighted by Gasteiger charge is -2.17. The second-order valence-corrected chi connectivity index (χ2v) is 5.00. The number of pyridine rings is 1. The largest absolute Gasteiger partial charge is 0.393 e. The van der Waals surface area contributed by atoms with E-state index in [0.29, 0.717) is 18.8 Å². The second kappa shape index (κ2) is 6.02. The van der Waals surface area contributed by atoms with E-state index in [1.54, 1.807) is 24.1 Å². The van der Waals surface area contributed by atoms with Crippen LogP contribution < -0.4 is 5.32 Å². The fourth-order valence-electron chi connectivity index (χ4n) is 2.39. The number of hydrogen-bond acceptors (Lipinski definition) is 4. The van der Waals surface area contributed by atoms with Crippen LogP contribution in [0.3, 0.4) is 0 Å². The lowest BCUT2D eigenvalue weighted by molar-refractivity contribution is 0.0757. The number of carbonyl (C=O) groups excluding carboxylic acids is 1. The molecule has 1 aromatic heterocycles. The van der Waals surface area contributed by atoms with E-state index in [1.807, 2.05) is 13.0 Å². The van der Waals surface area contributed by atoms with Gasteiger partial charge in [0.1, 0.15) is 5.69 Å². The third kappa shape index (κ3) is 3.23. The van der Waals surface area contributed by atoms with Crippen LogP contribution in [0.15, 0.2) is 18.3 Å². The van der Waals surface area contributed by atoms with E-state index in [4.69, 9.17) is 0 Å². The molecule has 2 heterocycles. The van der Waals surface area contributed by atoms with E-state index in [2.05, 4.69) is 10.3 Å². The quantitative estimate of drug-likeness (QED) is 0.860. The molecule has 0 aromatic carbocycles. The van der Waals surface area contributed by atoms with Crippen molar-refractivity contribution in [3.8, 4) is 0 Å². The van der Waals surface area contributed by atoms with Crippen LogP contribution >= 0.6 is 0 Å². The molecule has 2 unspecified atom stereocenters. The average Bonchev–Trinajstić information content (AvgIpc) is 2.88. The molecule has 5 heteroatoms. The Labute approximate surface area is 113 Å². The summed E-state index contributed by atoms with van der Waals surface area (Å²) in [6, 6.07) is 3.63. The zero-order valence-corrected chi connectivity index (χ0v) is 11.5. The summed E-state index contributed by atoms with van der Waals surface area (Å²) in [4.78, 5) is 18.2. The fourth-order valence-corrected chi connectivity index (χ4v) is 2.39. The normalized spacial score (nSPS) is 20.4. The number of nitrogens with zero attached hydrogens (tertiary/aromatic N) is 2. The number of aliphatic hydroxyl groups excluding tert-OH is 1. The molecular formula is C14H21N3O2. The minimum Gasteiger partial charge on any atom is -0.393 e. The van der Waals surface area contributed by atoms with Gasteiger partial charge >= 0.3 is 0 Å². The van der Waals surface area contributed by atoms with Crippen molar-refractivity contribution in [1.29, 1.82) is 0 Å². The molecule has 1 aliphatic heterocycles. The minimum absolute atomic E-state index is 0.0529. The Morgan fingerprint density at radius 1 is 1.68 bits per heavy atom. The minimum atomic E-state index is -0.362. The highest BCUT2D eigenvalue weighted by atomic mass is 16.3. The van der Waals surface area contributed by atoms with Crippen LogP contribution in [0.25, 0.3) is 0 Å². The van der Waals surface area contributed by atoms with E-state index in [9.17, 15) is 9.90 Å². The molecule has 0 bridgehead atoms. The maximum absolute atomic E-state index is 12.3. The van der Waals surface area contributed by atoms with Gasteiger partial charge in [-0.1, -0.05) is 0 Å². The first-order valence-corrected chi connectivity index (χ1v) is 6.79. The number of anilines is 1. The number of aromatic nitrogens is 1. The molecule has 1 fully saturated rings. The van der Waals surface area contributed by atoms with Gasteiger partial charge in [-0.2, -0.15) is 0 Å². The van der Waals surface area contributed by atoms with Gasteiger partial charge in [0.2, 0.25) is 0 Å². The Morgan fingerprint density at radius 2 is 2.47 bits per heavy atom. The van der Waals surface area contributed by atoms with Gasteiger partial charge in [-0.3, -0.25) is 9.78 Å². The smallest absolute Gasteiger partial charge is 0.272 e. The van der Waals surface area contributed by atoms with E-state index < -0.39 is 0 Å². The van der Waals surface area contributed by atoms with Crippen LogP contribution in [-0.4, -0.2) is 46.6 Å². The molecule has 2 N–H and O–H groups in total. The summed E-state index contributed by atoms with van der Waals surface area (Å²) in [7, 11) is 0. The van der Waals surface area contributed by atoms with Crippen LogP contribution in [0.5, 0.6) is 0 Å². The third-order valence-electron chi connectivity index (χ3n) is 3.55. The highest BCUT2D eigenvalue weighted by molar-refractivity contribution is 5.93. The van der Waals surface area contributed by atoms with Crippen molar-refractivity contribution < 1.29 is 9.90 Å². The highest BCUT2D eigenvalue weighted by Crippen LogP contribution is 2.21. The Hall–Kier alpha value is -1.62. The van der Waals surface area contributed by atoms with Gasteiger partial charge in [-0.05, 0) is 32.4 Å². The molecule has 2 rings (SSSR count). The standard InChI is InChI=1S/C14H21N3O2/c1-3-15-12-4-6-16-13(8-12)14(19)17-7-5-11(9-17)10(2)18/h4,6,8,10-11,18H,3,5,7,9H2,1-2H3,(H,15,16). The molecule has 0 spiro atoms. The van der Waals surface area contributed by atoms with Crippen LogP contribution in [0.1, 0.15) is 30.8 Å². The number of carbonyl (C=O) groups is 1. The maximum Gasteiger partial charge on any atom is 0.272 e. The summed E-state index contributed by atoms with van der Waals surface area (Å²) in [6.45, 7) is 5.91. The number of hydrogen-bond donors (Lipinski definition) is 2. The van der Waals surface area contributed by atoms with Crippen molar-refractivity contribution in [2.75, 3.05) is 25.0 Å². The topological polar surface area (TPSA) is 65.5 Å². The molecule has 2 atom stereocenters. The van der Waals surface area contributed by atoms with E-state index in [-0.39, 0.29) is 17.9 Å². The molecule has 1 aromatic rings. The number of likely N-dealkylation sites (tertiary alicyclic amines) is 1. The molecule has 0 saturated carbocycles. The summed E-state index contributed by atoms with van der Waals surface area (Å²) in [5.74, 6) is 0.129. The summed E-state index contributed by atoms with van der Waals surface area (Å²) in [5, 5.41) is 12.7. The predicted octanol–water partition coefficient (Wildman–Crippen LogP) is 1.36. The van der Waals surface area contributed by atoms with Crippen LogP contribution in [0.2, 0.25) is 0 Å². The van der Waals surface area contributed by atoms with Gasteiger partial charge < -0.3 is 15.3 Å². The lowest BCUT2D eigenvalue weighted by Crippen LogP contribution is -2.31. The van der Waals surface area contributed by atoms with Gasteiger partial charge in [0.05, 0.1) is 6.10 Å². The van der Waals surface area contributed by atoms with E-state index in [0.717, 1.165) is 18.7 Å². The number of aliphatic hydroxyl groups is 1. The Balaban J connectivity index is 2.06. The first-order valence-electron chi connectivity index (χ1n) is 6.79. The van der Waals surface area contributed by atoms with Gasteiger partial charge in [0, 0.05) is 37.4 Å². The summed E-state index contributed by atoms with van der Waals surface area (Å²) >= 11 is 0.